The summed E-state index contributed by atoms with van der Waals surface area (Å²) in [6.07, 6.45) is 5.12. The van der Waals surface area contributed by atoms with E-state index < -0.39 is 28.5 Å². The second-order valence-electron chi connectivity index (χ2n) is 10.7. The molecule has 1 aliphatic rings. The second kappa shape index (κ2) is 14.2. The van der Waals surface area contributed by atoms with Crippen molar-refractivity contribution in [3.63, 3.8) is 0 Å². The number of methoxy groups -OCH3 is 1. The van der Waals surface area contributed by atoms with Crippen LogP contribution in [0.2, 0.25) is 0 Å². The van der Waals surface area contributed by atoms with Crippen molar-refractivity contribution < 1.29 is 22.7 Å². The summed E-state index contributed by atoms with van der Waals surface area (Å²) in [5, 5.41) is 3.12. The second-order valence-corrected chi connectivity index (χ2v) is 13.5. The molecule has 10 heteroatoms. The predicted molar refractivity (Wildman–Crippen MR) is 168 cm³/mol. The predicted octanol–water partition coefficient (Wildman–Crippen LogP) is 5.83. The number of nitrogens with one attached hydrogen (secondary N) is 1. The maximum atomic E-state index is 14.1. The number of benzene rings is 3. The Labute approximate surface area is 257 Å². The molecule has 0 bridgehead atoms. The van der Waals surface area contributed by atoms with Crippen molar-refractivity contribution in [1.29, 1.82) is 0 Å². The normalized spacial score (nSPS) is 14.6. The topological polar surface area (TPSA) is 96.0 Å². The number of hydrogen-bond acceptors (Lipinski definition) is 5. The van der Waals surface area contributed by atoms with Crippen molar-refractivity contribution in [3.8, 4) is 5.75 Å². The quantitative estimate of drug-likeness (QED) is 0.281. The largest absolute Gasteiger partial charge is 0.497 e. The lowest BCUT2D eigenvalue weighted by Gasteiger charge is -2.33. The van der Waals surface area contributed by atoms with Crippen molar-refractivity contribution in [2.75, 3.05) is 18.0 Å². The Bertz CT molecular complexity index is 1470. The Morgan fingerprint density at radius 3 is 2.29 bits per heavy atom. The van der Waals surface area contributed by atoms with E-state index >= 15 is 0 Å². The molecular weight excluding hydrogens is 618 g/mol. The highest BCUT2D eigenvalue weighted by atomic mass is 79.9. The molecule has 0 heterocycles. The molecule has 224 valence electrons. The highest BCUT2D eigenvalue weighted by molar-refractivity contribution is 9.10. The molecule has 1 N–H and O–H groups in total. The first-order valence-electron chi connectivity index (χ1n) is 14.2. The van der Waals surface area contributed by atoms with Crippen LogP contribution >= 0.6 is 15.9 Å². The monoisotopic (exact) mass is 655 g/mol. The number of halogens is 1. The molecule has 0 aromatic heterocycles. The average Bonchev–Trinajstić information content (AvgIpc) is 2.99. The molecule has 1 atom stereocenters. The van der Waals surface area contributed by atoms with Crippen molar-refractivity contribution in [1.82, 2.24) is 10.2 Å². The minimum atomic E-state index is -4.15. The van der Waals surface area contributed by atoms with Gasteiger partial charge in [-0.1, -0.05) is 65.0 Å². The minimum Gasteiger partial charge on any atom is -0.497 e. The molecule has 0 saturated heterocycles. The van der Waals surface area contributed by atoms with E-state index in [2.05, 4.69) is 21.2 Å². The molecule has 3 aromatic carbocycles. The van der Waals surface area contributed by atoms with E-state index in [0.717, 1.165) is 52.0 Å². The van der Waals surface area contributed by atoms with Crippen molar-refractivity contribution in [2.45, 2.75) is 69.5 Å². The number of nitrogens with zero attached hydrogens (tertiary/aromatic N) is 2. The number of carbonyl (C=O) groups excluding carboxylic acids is 2. The van der Waals surface area contributed by atoms with Crippen molar-refractivity contribution in [2.24, 2.45) is 0 Å². The van der Waals surface area contributed by atoms with E-state index in [1.165, 1.54) is 24.1 Å². The fraction of sp³-hybridized carbons (Fsp3) is 0.375. The number of aryl methyl sites for hydroxylation is 1. The van der Waals surface area contributed by atoms with Crippen LogP contribution in [-0.2, 0) is 26.2 Å². The Morgan fingerprint density at radius 2 is 1.67 bits per heavy atom. The number of ether oxygens (including phenoxy) is 1. The smallest absolute Gasteiger partial charge is 0.264 e. The molecule has 1 saturated carbocycles. The minimum absolute atomic E-state index is 0.0262. The van der Waals surface area contributed by atoms with Gasteiger partial charge in [-0.3, -0.25) is 13.9 Å². The van der Waals surface area contributed by atoms with Gasteiger partial charge in [-0.2, -0.15) is 0 Å². The summed E-state index contributed by atoms with van der Waals surface area (Å²) in [4.78, 5) is 29.0. The van der Waals surface area contributed by atoms with Crippen LogP contribution in [0.5, 0.6) is 5.75 Å². The molecule has 0 unspecified atom stereocenters. The molecule has 3 aromatic rings. The fourth-order valence-corrected chi connectivity index (χ4v) is 6.96. The van der Waals surface area contributed by atoms with Crippen LogP contribution in [0.4, 0.5) is 5.69 Å². The van der Waals surface area contributed by atoms with E-state index in [9.17, 15) is 18.0 Å². The molecule has 2 amide bonds. The van der Waals surface area contributed by atoms with Gasteiger partial charge < -0.3 is 15.0 Å². The first-order chi connectivity index (χ1) is 20.1. The summed E-state index contributed by atoms with van der Waals surface area (Å²) in [7, 11) is -2.64. The standard InChI is InChI=1S/C32H38BrN3O5S/c1-23-12-14-28(15-13-23)36(42(39,40)30-18-16-29(41-3)17-19-30)22-31(37)35(21-25-8-7-9-26(33)20-25)24(2)32(38)34-27-10-5-4-6-11-27/h7-9,12-20,24,27H,4-6,10-11,21-22H2,1-3H3,(H,34,38)/t24-/m0/s1. The number of hydrogen-bond donors (Lipinski definition) is 1. The van der Waals surface area contributed by atoms with Gasteiger partial charge in [-0.15, -0.1) is 0 Å². The first kappa shape index (κ1) is 31.6. The number of amides is 2. The third-order valence-corrected chi connectivity index (χ3v) is 9.89. The zero-order valence-corrected chi connectivity index (χ0v) is 26.7. The fourth-order valence-electron chi connectivity index (χ4n) is 5.10. The molecule has 42 heavy (non-hydrogen) atoms. The maximum Gasteiger partial charge on any atom is 0.264 e. The molecular formula is C32H38BrN3O5S. The zero-order valence-electron chi connectivity index (χ0n) is 24.3. The Morgan fingerprint density at radius 1 is 1.00 bits per heavy atom. The molecule has 0 aliphatic heterocycles. The van der Waals surface area contributed by atoms with Gasteiger partial charge in [-0.25, -0.2) is 8.42 Å². The van der Waals surface area contributed by atoms with Crippen LogP contribution in [0.1, 0.15) is 50.2 Å². The molecule has 0 radical (unpaired) electrons. The number of sulfonamides is 1. The number of anilines is 1. The van der Waals surface area contributed by atoms with Gasteiger partial charge in [0.2, 0.25) is 11.8 Å². The van der Waals surface area contributed by atoms with E-state index in [-0.39, 0.29) is 23.4 Å². The summed E-state index contributed by atoms with van der Waals surface area (Å²) < 4.78 is 35.1. The lowest BCUT2D eigenvalue weighted by atomic mass is 9.95. The Balaban J connectivity index is 1.67. The SMILES string of the molecule is COc1ccc(S(=O)(=O)N(CC(=O)N(Cc2cccc(Br)c2)[C@@H](C)C(=O)NC2CCCCC2)c2ccc(C)cc2)cc1. The molecule has 1 fully saturated rings. The summed E-state index contributed by atoms with van der Waals surface area (Å²) >= 11 is 3.48. The van der Waals surface area contributed by atoms with Gasteiger partial charge in [0.05, 0.1) is 17.7 Å². The molecule has 1 aliphatic carbocycles. The van der Waals surface area contributed by atoms with E-state index in [4.69, 9.17) is 4.74 Å². The van der Waals surface area contributed by atoms with Crippen molar-refractivity contribution in [3.05, 3.63) is 88.4 Å². The van der Waals surface area contributed by atoms with E-state index in [0.29, 0.717) is 11.4 Å². The van der Waals surface area contributed by atoms with E-state index in [1.54, 1.807) is 43.3 Å². The van der Waals surface area contributed by atoms with Gasteiger partial charge in [0.15, 0.2) is 0 Å². The van der Waals surface area contributed by atoms with Crippen LogP contribution in [0.15, 0.2) is 82.2 Å². The molecule has 0 spiro atoms. The number of rotatable bonds is 11. The lowest BCUT2D eigenvalue weighted by molar-refractivity contribution is -0.139. The lowest BCUT2D eigenvalue weighted by Crippen LogP contribution is -2.53. The van der Waals surface area contributed by atoms with Crippen LogP contribution in [0.25, 0.3) is 0 Å². The van der Waals surface area contributed by atoms with E-state index in [1.807, 2.05) is 31.2 Å². The zero-order chi connectivity index (χ0) is 30.3. The van der Waals surface area contributed by atoms with Gasteiger partial charge >= 0.3 is 0 Å². The van der Waals surface area contributed by atoms with Gasteiger partial charge in [-0.05, 0) is 80.8 Å². The first-order valence-corrected chi connectivity index (χ1v) is 16.4. The third kappa shape index (κ3) is 7.92. The van der Waals surface area contributed by atoms with Gasteiger partial charge in [0.25, 0.3) is 10.0 Å². The van der Waals surface area contributed by atoms with Crippen molar-refractivity contribution >= 4 is 43.5 Å². The highest BCUT2D eigenvalue weighted by Crippen LogP contribution is 2.27. The third-order valence-electron chi connectivity index (χ3n) is 7.61. The summed E-state index contributed by atoms with van der Waals surface area (Å²) in [6, 6.07) is 19.8. The number of carbonyl (C=O) groups is 2. The van der Waals surface area contributed by atoms with Gasteiger partial charge in [0.1, 0.15) is 18.3 Å². The van der Waals surface area contributed by atoms with Crippen LogP contribution in [0.3, 0.4) is 0 Å². The maximum absolute atomic E-state index is 14.1. The van der Waals surface area contributed by atoms with Crippen LogP contribution in [-0.4, -0.2) is 50.9 Å². The highest BCUT2D eigenvalue weighted by Gasteiger charge is 2.33. The average molecular weight is 657 g/mol. The summed E-state index contributed by atoms with van der Waals surface area (Å²) in [5.74, 6) is -0.214. The Kier molecular flexibility index (Phi) is 10.7. The van der Waals surface area contributed by atoms with Crippen LogP contribution < -0.4 is 14.4 Å². The summed E-state index contributed by atoms with van der Waals surface area (Å²) in [5.41, 5.74) is 2.12. The van der Waals surface area contributed by atoms with Crippen LogP contribution in [0, 0.1) is 6.92 Å². The molecule has 8 nitrogen and oxygen atoms in total. The Hall–Kier alpha value is -3.37. The molecule has 4 rings (SSSR count). The van der Waals surface area contributed by atoms with Gasteiger partial charge in [0, 0.05) is 17.1 Å². The summed E-state index contributed by atoms with van der Waals surface area (Å²) in [6.45, 7) is 3.26.